The van der Waals surface area contributed by atoms with E-state index in [9.17, 15) is 9.50 Å². The third-order valence-electron chi connectivity index (χ3n) is 3.38. The van der Waals surface area contributed by atoms with Crippen LogP contribution in [0.25, 0.3) is 0 Å². The van der Waals surface area contributed by atoms with Gasteiger partial charge in [-0.1, -0.05) is 30.3 Å². The lowest BCUT2D eigenvalue weighted by Crippen LogP contribution is -2.21. The van der Waals surface area contributed by atoms with Crippen LogP contribution in [0.5, 0.6) is 0 Å². The fourth-order valence-corrected chi connectivity index (χ4v) is 2.43. The third-order valence-corrected chi connectivity index (χ3v) is 3.38. The van der Waals surface area contributed by atoms with E-state index in [0.29, 0.717) is 6.42 Å². The van der Waals surface area contributed by atoms with Gasteiger partial charge in [0.25, 0.3) is 0 Å². The van der Waals surface area contributed by atoms with Crippen molar-refractivity contribution >= 4 is 5.69 Å². The third kappa shape index (κ3) is 1.97. The minimum Gasteiger partial charge on any atom is -0.388 e. The van der Waals surface area contributed by atoms with E-state index in [-0.39, 0.29) is 11.9 Å². The van der Waals surface area contributed by atoms with Gasteiger partial charge in [0.1, 0.15) is 5.82 Å². The van der Waals surface area contributed by atoms with Crippen molar-refractivity contribution in [1.29, 1.82) is 0 Å². The number of hydrogen-bond acceptors (Lipinski definition) is 2. The molecule has 0 radical (unpaired) electrons. The van der Waals surface area contributed by atoms with Gasteiger partial charge in [-0.05, 0) is 23.8 Å². The van der Waals surface area contributed by atoms with E-state index in [1.54, 1.807) is 12.1 Å². The zero-order valence-corrected chi connectivity index (χ0v) is 9.81. The lowest BCUT2D eigenvalue weighted by atomic mass is 9.91. The van der Waals surface area contributed by atoms with Crippen molar-refractivity contribution in [2.75, 3.05) is 5.32 Å². The lowest BCUT2D eigenvalue weighted by molar-refractivity contribution is 0.156. The van der Waals surface area contributed by atoms with Crippen molar-refractivity contribution in [3.05, 3.63) is 65.5 Å². The summed E-state index contributed by atoms with van der Waals surface area (Å²) in [5, 5.41) is 13.5. The fraction of sp³-hybridized carbons (Fsp3) is 0.200. The highest BCUT2D eigenvalue weighted by Crippen LogP contribution is 2.38. The highest BCUT2D eigenvalue weighted by atomic mass is 19.1. The topological polar surface area (TPSA) is 32.3 Å². The summed E-state index contributed by atoms with van der Waals surface area (Å²) in [5.74, 6) is -0.240. The summed E-state index contributed by atoms with van der Waals surface area (Å²) in [6.07, 6.45) is 0.125. The molecule has 0 aromatic heterocycles. The SMILES string of the molecule is OC1CC(c2ccc(F)cc2)Nc2ccccc21. The Kier molecular flexibility index (Phi) is 2.76. The molecular weight excluding hydrogens is 229 g/mol. The molecule has 2 N–H and O–H groups in total. The summed E-state index contributed by atoms with van der Waals surface area (Å²) in [6.45, 7) is 0. The normalized spacial score (nSPS) is 22.1. The minimum absolute atomic E-state index is 0.0236. The molecule has 3 heteroatoms. The van der Waals surface area contributed by atoms with Crippen LogP contribution in [0.15, 0.2) is 48.5 Å². The molecule has 0 amide bonds. The summed E-state index contributed by atoms with van der Waals surface area (Å²) in [4.78, 5) is 0. The predicted octanol–water partition coefficient (Wildman–Crippen LogP) is 3.42. The molecule has 3 rings (SSSR count). The van der Waals surface area contributed by atoms with Crippen LogP contribution in [0, 0.1) is 5.82 Å². The fourth-order valence-electron chi connectivity index (χ4n) is 2.43. The summed E-state index contributed by atoms with van der Waals surface area (Å²) in [7, 11) is 0. The Morgan fingerprint density at radius 3 is 2.56 bits per heavy atom. The molecule has 2 aromatic carbocycles. The van der Waals surface area contributed by atoms with Crippen LogP contribution in [0.3, 0.4) is 0 Å². The van der Waals surface area contributed by atoms with Gasteiger partial charge in [0.05, 0.1) is 12.1 Å². The van der Waals surface area contributed by atoms with Gasteiger partial charge in [0, 0.05) is 17.7 Å². The van der Waals surface area contributed by atoms with Gasteiger partial charge in [0.2, 0.25) is 0 Å². The van der Waals surface area contributed by atoms with E-state index < -0.39 is 6.10 Å². The molecule has 0 saturated heterocycles. The Labute approximate surface area is 105 Å². The number of fused-ring (bicyclic) bond motifs is 1. The Morgan fingerprint density at radius 1 is 1.06 bits per heavy atom. The number of aliphatic hydroxyl groups excluding tert-OH is 1. The Morgan fingerprint density at radius 2 is 1.78 bits per heavy atom. The van der Waals surface area contributed by atoms with Gasteiger partial charge in [-0.15, -0.1) is 0 Å². The van der Waals surface area contributed by atoms with Crippen LogP contribution < -0.4 is 5.32 Å². The molecule has 92 valence electrons. The first-order valence-electron chi connectivity index (χ1n) is 6.03. The Hall–Kier alpha value is -1.87. The maximum atomic E-state index is 12.9. The summed E-state index contributed by atoms with van der Waals surface area (Å²) >= 11 is 0. The molecule has 2 unspecified atom stereocenters. The van der Waals surface area contributed by atoms with Crippen LogP contribution in [-0.2, 0) is 0 Å². The maximum Gasteiger partial charge on any atom is 0.123 e. The average Bonchev–Trinajstić information content (AvgIpc) is 2.39. The smallest absolute Gasteiger partial charge is 0.123 e. The van der Waals surface area contributed by atoms with Gasteiger partial charge in [-0.2, -0.15) is 0 Å². The Balaban J connectivity index is 1.92. The molecule has 2 nitrogen and oxygen atoms in total. The van der Waals surface area contributed by atoms with Crippen molar-refractivity contribution < 1.29 is 9.50 Å². The minimum atomic E-state index is -0.475. The number of anilines is 1. The molecule has 1 heterocycles. The molecule has 0 bridgehead atoms. The maximum absolute atomic E-state index is 12.9. The first-order valence-corrected chi connectivity index (χ1v) is 6.03. The number of hydrogen-bond donors (Lipinski definition) is 2. The molecule has 1 aliphatic heterocycles. The number of rotatable bonds is 1. The first kappa shape index (κ1) is 11.2. The van der Waals surface area contributed by atoms with Crippen molar-refractivity contribution in [3.8, 4) is 0 Å². The van der Waals surface area contributed by atoms with E-state index in [1.807, 2.05) is 24.3 Å². The van der Waals surface area contributed by atoms with E-state index in [4.69, 9.17) is 0 Å². The van der Waals surface area contributed by atoms with Gasteiger partial charge in [-0.25, -0.2) is 4.39 Å². The summed E-state index contributed by atoms with van der Waals surface area (Å²) in [6, 6.07) is 14.2. The highest BCUT2D eigenvalue weighted by Gasteiger charge is 2.25. The van der Waals surface area contributed by atoms with Crippen LogP contribution in [0.2, 0.25) is 0 Å². The van der Waals surface area contributed by atoms with Gasteiger partial charge in [-0.3, -0.25) is 0 Å². The van der Waals surface area contributed by atoms with E-state index in [1.165, 1.54) is 12.1 Å². The van der Waals surface area contributed by atoms with Crippen LogP contribution in [0.1, 0.15) is 29.7 Å². The molecule has 1 aliphatic rings. The zero-order chi connectivity index (χ0) is 12.5. The second-order valence-corrected chi connectivity index (χ2v) is 4.59. The van der Waals surface area contributed by atoms with Crippen molar-refractivity contribution in [2.24, 2.45) is 0 Å². The number of benzene rings is 2. The van der Waals surface area contributed by atoms with E-state index in [0.717, 1.165) is 16.8 Å². The van der Waals surface area contributed by atoms with Crippen LogP contribution in [-0.4, -0.2) is 5.11 Å². The number of nitrogens with one attached hydrogen (secondary N) is 1. The molecule has 0 fully saturated rings. The molecule has 18 heavy (non-hydrogen) atoms. The van der Waals surface area contributed by atoms with Crippen LogP contribution in [0.4, 0.5) is 10.1 Å². The van der Waals surface area contributed by atoms with Gasteiger partial charge < -0.3 is 10.4 Å². The van der Waals surface area contributed by atoms with Gasteiger partial charge in [0.15, 0.2) is 0 Å². The first-order chi connectivity index (χ1) is 8.74. The number of para-hydroxylation sites is 1. The molecule has 0 aliphatic carbocycles. The van der Waals surface area contributed by atoms with E-state index >= 15 is 0 Å². The standard InChI is InChI=1S/C15H14FNO/c16-11-7-5-10(6-8-11)14-9-15(18)12-3-1-2-4-13(12)17-14/h1-8,14-15,17-18H,9H2. The van der Waals surface area contributed by atoms with Crippen LogP contribution >= 0.6 is 0 Å². The molecule has 2 atom stereocenters. The highest BCUT2D eigenvalue weighted by molar-refractivity contribution is 5.56. The molecule has 2 aromatic rings. The van der Waals surface area contributed by atoms with Crippen molar-refractivity contribution in [1.82, 2.24) is 0 Å². The van der Waals surface area contributed by atoms with Crippen molar-refractivity contribution in [3.63, 3.8) is 0 Å². The monoisotopic (exact) mass is 243 g/mol. The predicted molar refractivity (Wildman–Crippen MR) is 68.8 cm³/mol. The zero-order valence-electron chi connectivity index (χ0n) is 9.81. The van der Waals surface area contributed by atoms with E-state index in [2.05, 4.69) is 5.32 Å². The quantitative estimate of drug-likeness (QED) is 0.804. The Bertz CT molecular complexity index is 553. The number of aliphatic hydroxyl groups is 1. The number of halogens is 1. The second kappa shape index (κ2) is 4.42. The summed E-state index contributed by atoms with van der Waals surface area (Å²) < 4.78 is 12.9. The molecule has 0 spiro atoms. The molecular formula is C15H14FNO. The average molecular weight is 243 g/mol. The van der Waals surface area contributed by atoms with Gasteiger partial charge >= 0.3 is 0 Å². The molecule has 0 saturated carbocycles. The van der Waals surface area contributed by atoms with Crippen molar-refractivity contribution in [2.45, 2.75) is 18.6 Å². The lowest BCUT2D eigenvalue weighted by Gasteiger charge is -2.30. The largest absolute Gasteiger partial charge is 0.388 e. The summed E-state index contributed by atoms with van der Waals surface area (Å²) in [5.41, 5.74) is 2.87. The second-order valence-electron chi connectivity index (χ2n) is 4.59.